The lowest BCUT2D eigenvalue weighted by molar-refractivity contribution is -0.115. The second-order valence-corrected chi connectivity index (χ2v) is 9.80. The van der Waals surface area contributed by atoms with Crippen molar-refractivity contribution in [3.63, 3.8) is 0 Å². The average Bonchev–Trinajstić information content (AvgIpc) is 3.55. The summed E-state index contributed by atoms with van der Waals surface area (Å²) in [5, 5.41) is 13.9. The molecule has 1 amide bonds. The summed E-state index contributed by atoms with van der Waals surface area (Å²) in [6.07, 6.45) is 4.13. The van der Waals surface area contributed by atoms with E-state index in [0.29, 0.717) is 22.4 Å². The Bertz CT molecular complexity index is 1280. The number of halogens is 1. The fraction of sp³-hybridized carbons (Fsp3) is 0.292. The summed E-state index contributed by atoms with van der Waals surface area (Å²) in [7, 11) is 0. The molecule has 2 aromatic carbocycles. The van der Waals surface area contributed by atoms with E-state index >= 15 is 0 Å². The van der Waals surface area contributed by atoms with Gasteiger partial charge in [0.15, 0.2) is 11.0 Å². The lowest BCUT2D eigenvalue weighted by atomic mass is 10.1. The fourth-order valence-electron chi connectivity index (χ4n) is 4.01. The van der Waals surface area contributed by atoms with E-state index in [1.165, 1.54) is 11.8 Å². The maximum absolute atomic E-state index is 12.8. The number of nitrogens with one attached hydrogen (secondary N) is 2. The highest BCUT2D eigenvalue weighted by Gasteiger charge is 2.25. The lowest BCUT2D eigenvalue weighted by Crippen LogP contribution is -2.23. The number of nitrogens with zero attached hydrogens (tertiary/aromatic N) is 3. The molecule has 2 unspecified atom stereocenters. The molecule has 0 bridgehead atoms. The number of hydrogen-bond acceptors (Lipinski definition) is 5. The van der Waals surface area contributed by atoms with E-state index in [1.54, 1.807) is 12.1 Å². The van der Waals surface area contributed by atoms with Crippen molar-refractivity contribution in [1.29, 1.82) is 0 Å². The number of benzene rings is 2. The second-order valence-electron chi connectivity index (χ2n) is 8.06. The standard InChI is InChI=1S/C24H24ClN5O2S/c1-15(23(31)27-17-7-4-6-16(25)12-17)33-24-29-28-22(30(24)14-18-8-5-11-32-18)20-13-26-21-10-3-2-9-19(20)21/h2-4,6-7,9-10,12-13,15,18,26H,5,8,11,14H2,1H3,(H,27,31). The van der Waals surface area contributed by atoms with Crippen molar-refractivity contribution in [3.05, 3.63) is 59.8 Å². The number of aromatic nitrogens is 4. The number of H-pyrrole nitrogens is 1. The van der Waals surface area contributed by atoms with Gasteiger partial charge < -0.3 is 15.0 Å². The highest BCUT2D eigenvalue weighted by atomic mass is 35.5. The van der Waals surface area contributed by atoms with E-state index in [-0.39, 0.29) is 17.3 Å². The number of ether oxygens (including phenoxy) is 1. The van der Waals surface area contributed by atoms with Crippen LogP contribution in [-0.4, -0.2) is 43.6 Å². The molecule has 7 nitrogen and oxygen atoms in total. The Kier molecular flexibility index (Phi) is 6.39. The molecule has 0 radical (unpaired) electrons. The smallest absolute Gasteiger partial charge is 0.237 e. The molecule has 33 heavy (non-hydrogen) atoms. The predicted octanol–water partition coefficient (Wildman–Crippen LogP) is 5.38. The van der Waals surface area contributed by atoms with Crippen LogP contribution in [0.2, 0.25) is 5.02 Å². The summed E-state index contributed by atoms with van der Waals surface area (Å²) in [4.78, 5) is 16.1. The normalized spacial score (nSPS) is 16.8. The molecule has 1 fully saturated rings. The van der Waals surface area contributed by atoms with E-state index in [4.69, 9.17) is 16.3 Å². The Labute approximate surface area is 200 Å². The minimum atomic E-state index is -0.382. The van der Waals surface area contributed by atoms with Crippen molar-refractivity contribution in [2.24, 2.45) is 0 Å². The molecule has 3 heterocycles. The zero-order valence-corrected chi connectivity index (χ0v) is 19.7. The Morgan fingerprint density at radius 1 is 1.30 bits per heavy atom. The number of anilines is 1. The van der Waals surface area contributed by atoms with Gasteiger partial charge in [-0.15, -0.1) is 10.2 Å². The molecule has 2 N–H and O–H groups in total. The zero-order valence-electron chi connectivity index (χ0n) is 18.1. The monoisotopic (exact) mass is 481 g/mol. The largest absolute Gasteiger partial charge is 0.376 e. The molecule has 0 saturated carbocycles. The summed E-state index contributed by atoms with van der Waals surface area (Å²) in [6.45, 7) is 3.28. The first-order valence-electron chi connectivity index (χ1n) is 10.9. The van der Waals surface area contributed by atoms with Gasteiger partial charge in [-0.3, -0.25) is 9.36 Å². The quantitative estimate of drug-likeness (QED) is 0.346. The highest BCUT2D eigenvalue weighted by Crippen LogP contribution is 2.32. The number of carbonyl (C=O) groups is 1. The van der Waals surface area contributed by atoms with E-state index in [0.717, 1.165) is 41.7 Å². The van der Waals surface area contributed by atoms with Crippen molar-refractivity contribution in [2.75, 3.05) is 11.9 Å². The number of rotatable bonds is 7. The molecule has 1 aliphatic heterocycles. The lowest BCUT2D eigenvalue weighted by Gasteiger charge is -2.16. The first kappa shape index (κ1) is 22.0. The fourth-order valence-corrected chi connectivity index (χ4v) is 5.06. The zero-order chi connectivity index (χ0) is 22.8. The first-order chi connectivity index (χ1) is 16.1. The molecule has 1 saturated heterocycles. The average molecular weight is 482 g/mol. The molecular weight excluding hydrogens is 458 g/mol. The van der Waals surface area contributed by atoms with Crippen LogP contribution in [0.25, 0.3) is 22.3 Å². The summed E-state index contributed by atoms with van der Waals surface area (Å²) in [5.74, 6) is 0.649. The number of hydrogen-bond donors (Lipinski definition) is 2. The number of fused-ring (bicyclic) bond motifs is 1. The third-order valence-corrected chi connectivity index (χ3v) is 7.02. The first-order valence-corrected chi connectivity index (χ1v) is 12.2. The third-order valence-electron chi connectivity index (χ3n) is 5.70. The van der Waals surface area contributed by atoms with Crippen LogP contribution in [0.15, 0.2) is 59.9 Å². The Morgan fingerprint density at radius 3 is 3.00 bits per heavy atom. The Balaban J connectivity index is 1.42. The van der Waals surface area contributed by atoms with E-state index in [1.807, 2.05) is 43.5 Å². The molecule has 0 spiro atoms. The van der Waals surface area contributed by atoms with Gasteiger partial charge in [-0.1, -0.05) is 47.6 Å². The minimum absolute atomic E-state index is 0.111. The summed E-state index contributed by atoms with van der Waals surface area (Å²) in [5.41, 5.74) is 2.70. The Hall–Kier alpha value is -2.81. The van der Waals surface area contributed by atoms with Crippen molar-refractivity contribution in [1.82, 2.24) is 19.7 Å². The van der Waals surface area contributed by atoms with Crippen molar-refractivity contribution < 1.29 is 9.53 Å². The van der Waals surface area contributed by atoms with Gasteiger partial charge in [-0.05, 0) is 44.0 Å². The van der Waals surface area contributed by atoms with Crippen molar-refractivity contribution in [2.45, 2.75) is 42.8 Å². The second kappa shape index (κ2) is 9.59. The minimum Gasteiger partial charge on any atom is -0.376 e. The molecule has 4 aromatic rings. The van der Waals surface area contributed by atoms with Gasteiger partial charge in [0, 0.05) is 40.0 Å². The summed E-state index contributed by atoms with van der Waals surface area (Å²) < 4.78 is 7.98. The van der Waals surface area contributed by atoms with E-state index in [2.05, 4.69) is 31.1 Å². The third kappa shape index (κ3) is 4.78. The molecular formula is C24H24ClN5O2S. The van der Waals surface area contributed by atoms with E-state index in [9.17, 15) is 4.79 Å². The van der Waals surface area contributed by atoms with Crippen LogP contribution in [0.1, 0.15) is 19.8 Å². The maximum atomic E-state index is 12.8. The van der Waals surface area contributed by atoms with Crippen LogP contribution in [0.3, 0.4) is 0 Å². The maximum Gasteiger partial charge on any atom is 0.237 e. The van der Waals surface area contributed by atoms with E-state index < -0.39 is 0 Å². The van der Waals surface area contributed by atoms with Crippen LogP contribution in [0.4, 0.5) is 5.69 Å². The topological polar surface area (TPSA) is 84.8 Å². The SMILES string of the molecule is CC(Sc1nnc(-c2c[nH]c3ccccc23)n1CC1CCCO1)C(=O)Nc1cccc(Cl)c1. The molecule has 5 rings (SSSR count). The predicted molar refractivity (Wildman–Crippen MR) is 132 cm³/mol. The van der Waals surface area contributed by atoms with Crippen LogP contribution >= 0.6 is 23.4 Å². The van der Waals surface area contributed by atoms with Crippen molar-refractivity contribution in [3.8, 4) is 11.4 Å². The number of thioether (sulfide) groups is 1. The van der Waals surface area contributed by atoms with Crippen molar-refractivity contribution >= 4 is 45.9 Å². The molecule has 1 aliphatic rings. The van der Waals surface area contributed by atoms with Crippen LogP contribution in [0.5, 0.6) is 0 Å². The number of amides is 1. The van der Waals surface area contributed by atoms with Gasteiger partial charge in [0.25, 0.3) is 0 Å². The summed E-state index contributed by atoms with van der Waals surface area (Å²) >= 11 is 7.43. The number of carbonyl (C=O) groups excluding carboxylic acids is 1. The van der Waals surface area contributed by atoms with Gasteiger partial charge in [0.05, 0.1) is 17.9 Å². The van der Waals surface area contributed by atoms with Gasteiger partial charge in [0.2, 0.25) is 5.91 Å². The van der Waals surface area contributed by atoms with Crippen LogP contribution in [0, 0.1) is 0 Å². The Morgan fingerprint density at radius 2 is 2.18 bits per heavy atom. The van der Waals surface area contributed by atoms with Gasteiger partial charge in [-0.25, -0.2) is 0 Å². The van der Waals surface area contributed by atoms with Gasteiger partial charge in [0.1, 0.15) is 0 Å². The number of aromatic amines is 1. The highest BCUT2D eigenvalue weighted by molar-refractivity contribution is 8.00. The summed E-state index contributed by atoms with van der Waals surface area (Å²) in [6, 6.07) is 15.2. The van der Waals surface area contributed by atoms with Crippen LogP contribution in [-0.2, 0) is 16.1 Å². The van der Waals surface area contributed by atoms with Gasteiger partial charge >= 0.3 is 0 Å². The van der Waals surface area contributed by atoms with Gasteiger partial charge in [-0.2, -0.15) is 0 Å². The van der Waals surface area contributed by atoms with Crippen LogP contribution < -0.4 is 5.32 Å². The molecule has 0 aliphatic carbocycles. The number of para-hydroxylation sites is 1. The molecule has 2 atom stereocenters. The molecule has 2 aromatic heterocycles. The molecule has 170 valence electrons. The molecule has 9 heteroatoms.